The third-order valence-electron chi connectivity index (χ3n) is 2.43. The number of rotatable bonds is 6. The molecular weight excluding hydrogens is 240 g/mol. The Morgan fingerprint density at radius 1 is 1.29 bits per heavy atom. The molecule has 0 aliphatic rings. The van der Waals surface area contributed by atoms with Gasteiger partial charge in [0.15, 0.2) is 6.10 Å². The Morgan fingerprint density at radius 2 is 1.88 bits per heavy atom. The van der Waals surface area contributed by atoms with Gasteiger partial charge >= 0.3 is 5.97 Å². The van der Waals surface area contributed by atoms with E-state index in [9.17, 15) is 4.79 Å². The van der Waals surface area contributed by atoms with Gasteiger partial charge in [-0.1, -0.05) is 24.3 Å². The van der Waals surface area contributed by atoms with Crippen LogP contribution in [0.15, 0.2) is 24.3 Å². The van der Waals surface area contributed by atoms with Crippen LogP contribution >= 0.6 is 11.6 Å². The highest BCUT2D eigenvalue weighted by Crippen LogP contribution is 2.11. The lowest BCUT2D eigenvalue weighted by atomic mass is 10.1. The topological polar surface area (TPSA) is 35.5 Å². The van der Waals surface area contributed by atoms with Gasteiger partial charge in [-0.3, -0.25) is 0 Å². The summed E-state index contributed by atoms with van der Waals surface area (Å²) in [5, 5.41) is 0. The van der Waals surface area contributed by atoms with Crippen molar-refractivity contribution >= 4 is 17.6 Å². The highest BCUT2D eigenvalue weighted by atomic mass is 35.5. The van der Waals surface area contributed by atoms with E-state index in [1.807, 2.05) is 24.3 Å². The zero-order chi connectivity index (χ0) is 12.7. The molecule has 0 aliphatic heterocycles. The second-order valence-electron chi connectivity index (χ2n) is 3.63. The smallest absolute Gasteiger partial charge is 0.335 e. The minimum Gasteiger partial charge on any atom is -0.464 e. The first-order valence-electron chi connectivity index (χ1n) is 5.54. The number of ether oxygens (including phenoxy) is 2. The molecule has 0 amide bonds. The molecule has 0 radical (unpaired) electrons. The molecule has 1 rings (SSSR count). The molecular formula is C13H17ClO3. The Labute approximate surface area is 107 Å². The molecule has 0 saturated heterocycles. The lowest BCUT2D eigenvalue weighted by Gasteiger charge is -2.13. The van der Waals surface area contributed by atoms with E-state index < -0.39 is 6.10 Å². The zero-order valence-electron chi connectivity index (χ0n) is 10.1. The van der Waals surface area contributed by atoms with Crippen LogP contribution in [0.25, 0.3) is 0 Å². The molecule has 3 nitrogen and oxygen atoms in total. The molecule has 1 atom stereocenters. The molecule has 1 aromatic carbocycles. The van der Waals surface area contributed by atoms with Crippen LogP contribution in [0.2, 0.25) is 0 Å². The van der Waals surface area contributed by atoms with Gasteiger partial charge in [0.2, 0.25) is 0 Å². The van der Waals surface area contributed by atoms with Crippen molar-refractivity contribution in [1.82, 2.24) is 0 Å². The minimum atomic E-state index is -0.545. The van der Waals surface area contributed by atoms with Crippen LogP contribution in [0, 0.1) is 0 Å². The summed E-state index contributed by atoms with van der Waals surface area (Å²) in [6.07, 6.45) is -0.0328. The molecule has 0 aromatic heterocycles. The molecule has 4 heteroatoms. The Balaban J connectivity index is 2.63. The number of halogens is 1. The summed E-state index contributed by atoms with van der Waals surface area (Å²) in [4.78, 5) is 11.5. The third-order valence-corrected chi connectivity index (χ3v) is 2.74. The molecule has 0 spiro atoms. The maximum Gasteiger partial charge on any atom is 0.335 e. The van der Waals surface area contributed by atoms with E-state index in [1.54, 1.807) is 6.92 Å². The number of carbonyl (C=O) groups is 1. The highest BCUT2D eigenvalue weighted by molar-refractivity contribution is 6.17. The maximum atomic E-state index is 11.5. The van der Waals surface area contributed by atoms with Crippen molar-refractivity contribution in [2.75, 3.05) is 13.7 Å². The van der Waals surface area contributed by atoms with Crippen LogP contribution in [0.4, 0.5) is 0 Å². The van der Waals surface area contributed by atoms with E-state index >= 15 is 0 Å². The lowest BCUT2D eigenvalue weighted by Crippen LogP contribution is -2.27. The first-order chi connectivity index (χ1) is 8.21. The van der Waals surface area contributed by atoms with Gasteiger partial charge in [-0.15, -0.1) is 11.6 Å². The average molecular weight is 257 g/mol. The maximum absolute atomic E-state index is 11.5. The van der Waals surface area contributed by atoms with E-state index in [2.05, 4.69) is 0 Å². The fourth-order valence-electron chi connectivity index (χ4n) is 1.48. The summed E-state index contributed by atoms with van der Waals surface area (Å²) < 4.78 is 10.1. The number of carbonyl (C=O) groups excluding carboxylic acids is 1. The summed E-state index contributed by atoms with van der Waals surface area (Å²) >= 11 is 5.71. The van der Waals surface area contributed by atoms with Crippen molar-refractivity contribution in [2.24, 2.45) is 0 Å². The van der Waals surface area contributed by atoms with Gasteiger partial charge in [0.25, 0.3) is 0 Å². The highest BCUT2D eigenvalue weighted by Gasteiger charge is 2.19. The quantitative estimate of drug-likeness (QED) is 0.580. The molecule has 0 heterocycles. The largest absolute Gasteiger partial charge is 0.464 e. The van der Waals surface area contributed by atoms with Crippen LogP contribution in [0.5, 0.6) is 0 Å². The second kappa shape index (κ2) is 7.30. The molecule has 1 aromatic rings. The molecule has 0 N–H and O–H groups in total. The Bertz CT molecular complexity index is 348. The molecule has 17 heavy (non-hydrogen) atoms. The summed E-state index contributed by atoms with van der Waals surface area (Å²) in [6, 6.07) is 7.78. The van der Waals surface area contributed by atoms with Crippen molar-refractivity contribution < 1.29 is 14.3 Å². The summed E-state index contributed by atoms with van der Waals surface area (Å²) in [5.74, 6) is 0.169. The molecule has 0 aliphatic carbocycles. The number of esters is 1. The fourth-order valence-corrected chi connectivity index (χ4v) is 1.65. The summed E-state index contributed by atoms with van der Waals surface area (Å²) in [7, 11) is 1.51. The van der Waals surface area contributed by atoms with E-state index in [0.717, 1.165) is 11.1 Å². The number of methoxy groups -OCH3 is 1. The van der Waals surface area contributed by atoms with Gasteiger partial charge in [-0.25, -0.2) is 4.79 Å². The number of benzene rings is 1. The summed E-state index contributed by atoms with van der Waals surface area (Å²) in [5.41, 5.74) is 2.08. The van der Waals surface area contributed by atoms with Gasteiger partial charge in [0.05, 0.1) is 6.61 Å². The van der Waals surface area contributed by atoms with Crippen LogP contribution in [-0.2, 0) is 26.6 Å². The van der Waals surface area contributed by atoms with Crippen LogP contribution in [0.1, 0.15) is 18.1 Å². The van der Waals surface area contributed by atoms with E-state index in [0.29, 0.717) is 18.9 Å². The molecule has 0 fully saturated rings. The second-order valence-corrected chi connectivity index (χ2v) is 3.90. The Kier molecular flexibility index (Phi) is 6.01. The van der Waals surface area contributed by atoms with Crippen LogP contribution in [0.3, 0.4) is 0 Å². The van der Waals surface area contributed by atoms with Crippen LogP contribution in [-0.4, -0.2) is 25.8 Å². The fraction of sp³-hybridized carbons (Fsp3) is 0.462. The van der Waals surface area contributed by atoms with Gasteiger partial charge in [-0.05, 0) is 18.1 Å². The van der Waals surface area contributed by atoms with Crippen molar-refractivity contribution in [3.63, 3.8) is 0 Å². The molecule has 0 saturated carbocycles. The monoisotopic (exact) mass is 256 g/mol. The zero-order valence-corrected chi connectivity index (χ0v) is 10.9. The Morgan fingerprint density at radius 3 is 2.35 bits per heavy atom. The molecule has 94 valence electrons. The molecule has 0 unspecified atom stereocenters. The third kappa shape index (κ3) is 4.36. The van der Waals surface area contributed by atoms with Gasteiger partial charge in [0.1, 0.15) is 0 Å². The van der Waals surface area contributed by atoms with Crippen molar-refractivity contribution in [3.8, 4) is 0 Å². The van der Waals surface area contributed by atoms with Crippen LogP contribution < -0.4 is 0 Å². The number of hydrogen-bond acceptors (Lipinski definition) is 3. The van der Waals surface area contributed by atoms with E-state index in [4.69, 9.17) is 21.1 Å². The normalized spacial score (nSPS) is 12.2. The van der Waals surface area contributed by atoms with E-state index in [-0.39, 0.29) is 5.97 Å². The van der Waals surface area contributed by atoms with Gasteiger partial charge in [-0.2, -0.15) is 0 Å². The lowest BCUT2D eigenvalue weighted by molar-refractivity contribution is -0.154. The average Bonchev–Trinajstić information content (AvgIpc) is 2.37. The van der Waals surface area contributed by atoms with Gasteiger partial charge < -0.3 is 9.47 Å². The van der Waals surface area contributed by atoms with Crippen molar-refractivity contribution in [1.29, 1.82) is 0 Å². The predicted molar refractivity (Wildman–Crippen MR) is 67.1 cm³/mol. The van der Waals surface area contributed by atoms with Crippen molar-refractivity contribution in [3.05, 3.63) is 35.4 Å². The standard InChI is InChI=1S/C13H17ClO3/c1-3-17-13(15)12(16-2)8-10-4-6-11(9-14)7-5-10/h4-7,12H,3,8-9H2,1-2H3/t12-/m0/s1. The Hall–Kier alpha value is -1.06. The van der Waals surface area contributed by atoms with Crippen molar-refractivity contribution in [2.45, 2.75) is 25.3 Å². The number of hydrogen-bond donors (Lipinski definition) is 0. The number of alkyl halides is 1. The van der Waals surface area contributed by atoms with E-state index in [1.165, 1.54) is 7.11 Å². The summed E-state index contributed by atoms with van der Waals surface area (Å²) in [6.45, 7) is 2.14. The SMILES string of the molecule is CCOC(=O)[C@H](Cc1ccc(CCl)cc1)OC. The minimum absolute atomic E-state index is 0.323. The predicted octanol–water partition coefficient (Wildman–Crippen LogP) is 2.55. The first-order valence-corrected chi connectivity index (χ1v) is 6.08. The van der Waals surface area contributed by atoms with Gasteiger partial charge in [0, 0.05) is 19.4 Å². The molecule has 0 bridgehead atoms. The first kappa shape index (κ1) is 14.0.